The number of fused-ring (bicyclic) bond motifs is 6. The summed E-state index contributed by atoms with van der Waals surface area (Å²) < 4.78 is 14.2. The van der Waals surface area contributed by atoms with Crippen LogP contribution in [0.4, 0.5) is 11.4 Å². The quantitative estimate of drug-likeness (QED) is 0.258. The van der Waals surface area contributed by atoms with Crippen LogP contribution >= 0.6 is 0 Å². The second-order valence-electron chi connectivity index (χ2n) is 21.9. The normalized spacial score (nSPS) is 32.0. The van der Waals surface area contributed by atoms with Crippen LogP contribution in [0.3, 0.4) is 0 Å². The number of nitriles is 2. The molecule has 0 saturated carbocycles. The molecule has 338 valence electrons. The van der Waals surface area contributed by atoms with Crippen LogP contribution in [-0.2, 0) is 17.6 Å². The molecule has 67 heavy (non-hydrogen) atoms. The van der Waals surface area contributed by atoms with Gasteiger partial charge in [-0.2, -0.15) is 10.5 Å². The first kappa shape index (κ1) is 41.4. The predicted molar refractivity (Wildman–Crippen MR) is 267 cm³/mol. The molecule has 1 saturated heterocycles. The Labute approximate surface area is 397 Å². The number of nitrogens with zero attached hydrogens (tertiary/aromatic N) is 4. The van der Waals surface area contributed by atoms with Gasteiger partial charge in [-0.1, -0.05) is 87.1 Å². The SMILES string of the molecule is CCC1CC(N(C2=CCC(C#N)C=C2)c2cccc3c2OC2C=CCCC32)=C2CC3c4c(cc(N(C5=CC=C(C#N)CC5)C5=CCCC6C5OC5C=CC=CC56)c5c4C2=C1CC5)CCC3(C)C. The second-order valence-corrected chi connectivity index (χ2v) is 21.9. The van der Waals surface area contributed by atoms with Crippen molar-refractivity contribution in [2.24, 2.45) is 29.1 Å². The molecule has 9 aliphatic carbocycles. The molecule has 0 aromatic heterocycles. The zero-order valence-electron chi connectivity index (χ0n) is 39.4. The number of allylic oxidation sites excluding steroid dienone is 15. The molecule has 0 N–H and O–H groups in total. The highest BCUT2D eigenvalue weighted by Gasteiger charge is 2.51. The third-order valence-corrected chi connectivity index (χ3v) is 18.1. The van der Waals surface area contributed by atoms with Crippen LogP contribution in [0.25, 0.3) is 5.57 Å². The Balaban J connectivity index is 1.04. The van der Waals surface area contributed by atoms with E-state index < -0.39 is 0 Å². The average molecular weight is 883 g/mol. The standard InChI is InChI=1S/C61H62N4O2/c1-4-38-31-53(65(41-25-21-37(35-63)22-26-41)51-16-10-14-46-44-12-6-8-18-55(44)67-60(46)51)48-33-49-56-39(29-30-61(49,2)3)32-52(47-28-27-42(38)57(48)58(47)56)64(40-23-19-36(34-62)20-24-40)50-15-9-13-45-43-11-5-7-17-54(43)66-59(45)50/h5,7-8,10-11,14-19,21,23,25-26,32,37-38,43-45,49,54-55,59H,4,6,9,12-13,20,22,24,27-31,33H2,1-3H3. The molecule has 2 aliphatic heterocycles. The minimum atomic E-state index is -0.120. The number of hydrogen-bond donors (Lipinski definition) is 0. The number of ether oxygens (including phenoxy) is 2. The van der Waals surface area contributed by atoms with Gasteiger partial charge in [0.2, 0.25) is 0 Å². The maximum Gasteiger partial charge on any atom is 0.147 e. The molecule has 1 fully saturated rings. The van der Waals surface area contributed by atoms with E-state index in [0.717, 1.165) is 106 Å². The van der Waals surface area contributed by atoms with Gasteiger partial charge in [-0.25, -0.2) is 0 Å². The number of para-hydroxylation sites is 1. The molecule has 2 aromatic carbocycles. The fourth-order valence-electron chi connectivity index (χ4n) is 14.7. The van der Waals surface area contributed by atoms with Crippen molar-refractivity contribution in [2.75, 3.05) is 9.80 Å². The van der Waals surface area contributed by atoms with E-state index in [1.807, 2.05) is 0 Å². The first-order valence-corrected chi connectivity index (χ1v) is 25.8. The number of benzene rings is 2. The van der Waals surface area contributed by atoms with E-state index in [9.17, 15) is 10.5 Å². The lowest BCUT2D eigenvalue weighted by molar-refractivity contribution is 0.0732. The zero-order chi connectivity index (χ0) is 45.1. The minimum absolute atomic E-state index is 0.00407. The fraction of sp³-hybridized carbons (Fsp3) is 0.443. The van der Waals surface area contributed by atoms with E-state index in [2.05, 4.69) is 140 Å². The smallest absolute Gasteiger partial charge is 0.147 e. The zero-order valence-corrected chi connectivity index (χ0v) is 39.4. The Morgan fingerprint density at radius 3 is 2.61 bits per heavy atom. The van der Waals surface area contributed by atoms with Gasteiger partial charge in [-0.05, 0) is 177 Å². The molecule has 0 amide bonds. The number of aryl methyl sites for hydroxylation is 1. The average Bonchev–Trinajstić information content (AvgIpc) is 3.95. The van der Waals surface area contributed by atoms with Gasteiger partial charge >= 0.3 is 0 Å². The number of anilines is 2. The third kappa shape index (κ3) is 6.34. The summed E-state index contributed by atoms with van der Waals surface area (Å²) in [7, 11) is 0. The number of hydrogen-bond acceptors (Lipinski definition) is 6. The summed E-state index contributed by atoms with van der Waals surface area (Å²) in [5, 5.41) is 20.1. The highest BCUT2D eigenvalue weighted by molar-refractivity contribution is 5.95. The molecule has 6 nitrogen and oxygen atoms in total. The molecular weight excluding hydrogens is 821 g/mol. The lowest BCUT2D eigenvalue weighted by atomic mass is 9.55. The van der Waals surface area contributed by atoms with Gasteiger partial charge in [-0.15, -0.1) is 0 Å². The van der Waals surface area contributed by atoms with E-state index in [1.54, 1.807) is 22.3 Å². The van der Waals surface area contributed by atoms with Gasteiger partial charge < -0.3 is 19.3 Å². The van der Waals surface area contributed by atoms with E-state index >= 15 is 0 Å². The Hall–Kier alpha value is -5.82. The van der Waals surface area contributed by atoms with E-state index in [-0.39, 0.29) is 29.6 Å². The molecule has 9 unspecified atom stereocenters. The Bertz CT molecular complexity index is 2910. The van der Waals surface area contributed by atoms with Crippen LogP contribution < -0.4 is 14.5 Å². The van der Waals surface area contributed by atoms with Crippen molar-refractivity contribution in [1.82, 2.24) is 0 Å². The van der Waals surface area contributed by atoms with Crippen molar-refractivity contribution in [3.63, 3.8) is 0 Å². The van der Waals surface area contributed by atoms with Crippen molar-refractivity contribution >= 4 is 16.9 Å². The van der Waals surface area contributed by atoms with Gasteiger partial charge in [0, 0.05) is 57.4 Å². The molecule has 11 aliphatic rings. The Kier molecular flexibility index (Phi) is 9.81. The van der Waals surface area contributed by atoms with Crippen molar-refractivity contribution in [2.45, 2.75) is 141 Å². The van der Waals surface area contributed by atoms with Gasteiger partial charge in [0.15, 0.2) is 0 Å². The van der Waals surface area contributed by atoms with Crippen LogP contribution in [-0.4, -0.2) is 18.3 Å². The summed E-state index contributed by atoms with van der Waals surface area (Å²) in [6.07, 6.45) is 41.5. The topological polar surface area (TPSA) is 72.5 Å². The monoisotopic (exact) mass is 882 g/mol. The largest absolute Gasteiger partial charge is 0.483 e. The summed E-state index contributed by atoms with van der Waals surface area (Å²) in [5.41, 5.74) is 20.9. The molecular formula is C61H62N4O2. The lowest BCUT2D eigenvalue weighted by Gasteiger charge is -2.51. The summed E-state index contributed by atoms with van der Waals surface area (Å²) in [6, 6.07) is 14.5. The van der Waals surface area contributed by atoms with Crippen LogP contribution in [0.5, 0.6) is 5.75 Å². The summed E-state index contributed by atoms with van der Waals surface area (Å²) >= 11 is 0. The molecule has 2 aromatic rings. The van der Waals surface area contributed by atoms with Crippen molar-refractivity contribution in [3.05, 3.63) is 165 Å². The van der Waals surface area contributed by atoms with Gasteiger partial charge in [0.25, 0.3) is 0 Å². The fourth-order valence-corrected chi connectivity index (χ4v) is 14.7. The maximum absolute atomic E-state index is 10.1. The second kappa shape index (κ2) is 15.9. The summed E-state index contributed by atoms with van der Waals surface area (Å²) in [5.74, 6) is 2.92. The first-order valence-electron chi connectivity index (χ1n) is 25.8. The molecule has 13 rings (SSSR count). The van der Waals surface area contributed by atoms with Crippen LogP contribution in [0.1, 0.15) is 137 Å². The van der Waals surface area contributed by atoms with Gasteiger partial charge in [-0.3, -0.25) is 0 Å². The molecule has 0 bridgehead atoms. The van der Waals surface area contributed by atoms with E-state index in [4.69, 9.17) is 9.47 Å². The molecule has 6 heteroatoms. The third-order valence-electron chi connectivity index (χ3n) is 18.1. The lowest BCUT2D eigenvalue weighted by Crippen LogP contribution is -2.39. The molecule has 0 radical (unpaired) electrons. The summed E-state index contributed by atoms with van der Waals surface area (Å²) in [4.78, 5) is 5.29. The van der Waals surface area contributed by atoms with Crippen molar-refractivity contribution < 1.29 is 9.47 Å². The molecule has 2 heterocycles. The Morgan fingerprint density at radius 2 is 1.79 bits per heavy atom. The highest BCUT2D eigenvalue weighted by Crippen LogP contribution is 2.64. The van der Waals surface area contributed by atoms with Crippen molar-refractivity contribution in [1.29, 1.82) is 10.5 Å². The highest BCUT2D eigenvalue weighted by atomic mass is 16.5. The summed E-state index contributed by atoms with van der Waals surface area (Å²) in [6.45, 7) is 7.50. The first-order chi connectivity index (χ1) is 32.8. The van der Waals surface area contributed by atoms with Gasteiger partial charge in [0.05, 0.1) is 29.8 Å². The van der Waals surface area contributed by atoms with Gasteiger partial charge in [0.1, 0.15) is 18.0 Å². The van der Waals surface area contributed by atoms with E-state index in [0.29, 0.717) is 36.0 Å². The minimum Gasteiger partial charge on any atom is -0.483 e. The molecule has 0 spiro atoms. The van der Waals surface area contributed by atoms with Crippen LogP contribution in [0.2, 0.25) is 0 Å². The van der Waals surface area contributed by atoms with Crippen LogP contribution in [0.15, 0.2) is 137 Å². The maximum atomic E-state index is 10.1. The van der Waals surface area contributed by atoms with Crippen molar-refractivity contribution in [3.8, 4) is 17.9 Å². The molecule has 9 atom stereocenters. The predicted octanol–water partition coefficient (Wildman–Crippen LogP) is 14.0. The van der Waals surface area contributed by atoms with E-state index in [1.165, 1.54) is 45.0 Å². The number of rotatable bonds is 7. The Morgan fingerprint density at radius 1 is 0.881 bits per heavy atom. The van der Waals surface area contributed by atoms with Crippen LogP contribution in [0, 0.1) is 51.7 Å².